The molecule has 0 aliphatic rings. The number of nitrogens with two attached hydrogens (primary N) is 1. The summed E-state index contributed by atoms with van der Waals surface area (Å²) >= 11 is 6.03. The van der Waals surface area contributed by atoms with Crippen LogP contribution in [0.1, 0.15) is 20.3 Å². The second kappa shape index (κ2) is 11.9. The number of nitrogen functional groups attached to an aromatic ring is 1. The monoisotopic (exact) mass is 431 g/mol. The molecule has 1 unspecified atom stereocenters. The van der Waals surface area contributed by atoms with Crippen molar-refractivity contribution in [3.63, 3.8) is 0 Å². The normalized spacial score (nSPS) is 12.0. The average molecular weight is 432 g/mol. The van der Waals surface area contributed by atoms with Crippen molar-refractivity contribution in [1.29, 1.82) is 0 Å². The van der Waals surface area contributed by atoms with E-state index in [1.54, 1.807) is 24.3 Å². The highest BCUT2D eigenvalue weighted by Gasteiger charge is 2.19. The Balaban J connectivity index is 0.00000392. The van der Waals surface area contributed by atoms with Crippen molar-refractivity contribution >= 4 is 29.8 Å². The summed E-state index contributed by atoms with van der Waals surface area (Å²) in [4.78, 5) is 0. The molecule has 156 valence electrons. The van der Waals surface area contributed by atoms with Gasteiger partial charge in [0.1, 0.15) is 18.5 Å². The molecule has 1 aromatic heterocycles. The Morgan fingerprint density at radius 3 is 2.57 bits per heavy atom. The first kappa shape index (κ1) is 24.2. The summed E-state index contributed by atoms with van der Waals surface area (Å²) in [5.41, 5.74) is 2.17. The van der Waals surface area contributed by atoms with Crippen LogP contribution in [0.2, 0.25) is 5.02 Å². The average Bonchev–Trinajstić information content (AvgIpc) is 2.66. The number of ether oxygens (including phenoxy) is 2. The quantitative estimate of drug-likeness (QED) is 0.316. The van der Waals surface area contributed by atoms with Crippen molar-refractivity contribution < 1.29 is 14.6 Å². The lowest BCUT2D eigenvalue weighted by molar-refractivity contribution is 0.0964. The maximum atomic E-state index is 10.1. The van der Waals surface area contributed by atoms with Gasteiger partial charge in [-0.15, -0.1) is 22.6 Å². The van der Waals surface area contributed by atoms with Crippen LogP contribution in [0.5, 0.6) is 11.6 Å². The number of rotatable bonds is 11. The third kappa shape index (κ3) is 8.45. The Labute approximate surface area is 176 Å². The van der Waals surface area contributed by atoms with E-state index in [0.29, 0.717) is 42.0 Å². The lowest BCUT2D eigenvalue weighted by atomic mass is 10.0. The van der Waals surface area contributed by atoms with Gasteiger partial charge in [-0.25, -0.2) is 5.84 Å². The fourth-order valence-corrected chi connectivity index (χ4v) is 2.36. The number of hydrogen-bond acceptors (Lipinski definition) is 8. The van der Waals surface area contributed by atoms with Crippen LogP contribution in [0.3, 0.4) is 0 Å². The number of aromatic nitrogens is 2. The number of nitrogens with one attached hydrogen (secondary N) is 2. The van der Waals surface area contributed by atoms with Crippen LogP contribution in [0.15, 0.2) is 36.4 Å². The number of nitrogens with zero attached hydrogens (tertiary/aromatic N) is 2. The van der Waals surface area contributed by atoms with Gasteiger partial charge < -0.3 is 25.3 Å². The maximum Gasteiger partial charge on any atom is 0.233 e. The maximum absolute atomic E-state index is 10.1. The van der Waals surface area contributed by atoms with Gasteiger partial charge in [-0.05, 0) is 38.5 Å². The summed E-state index contributed by atoms with van der Waals surface area (Å²) in [6.45, 7) is 5.06. The summed E-state index contributed by atoms with van der Waals surface area (Å²) in [5.74, 6) is 6.70. The second-order valence-electron chi connectivity index (χ2n) is 6.66. The lowest BCUT2D eigenvalue weighted by Gasteiger charge is -2.27. The minimum atomic E-state index is -0.663. The van der Waals surface area contributed by atoms with Crippen LogP contribution in [0.4, 0.5) is 5.82 Å². The number of anilines is 1. The standard InChI is InChI=1S/C18H26ClN5O3.ClH/c1-18(2,9-10-26-17-8-7-16(22-20)23-24-17)21-11-13(25)12-27-15-6-4-3-5-14(15)19;/h3-8,13,21,25H,9-12,20H2,1-2H3,(H,22,23);1H. The van der Waals surface area contributed by atoms with E-state index in [0.717, 1.165) is 0 Å². The number of benzene rings is 1. The van der Waals surface area contributed by atoms with Crippen LogP contribution in [0, 0.1) is 0 Å². The molecule has 0 fully saturated rings. The molecule has 28 heavy (non-hydrogen) atoms. The van der Waals surface area contributed by atoms with Gasteiger partial charge in [-0.2, -0.15) is 0 Å². The summed E-state index contributed by atoms with van der Waals surface area (Å²) in [7, 11) is 0. The molecule has 8 nitrogen and oxygen atoms in total. The smallest absolute Gasteiger partial charge is 0.233 e. The van der Waals surface area contributed by atoms with Crippen LogP contribution in [-0.4, -0.2) is 46.7 Å². The molecule has 0 saturated carbocycles. The van der Waals surface area contributed by atoms with Crippen LogP contribution < -0.4 is 26.1 Å². The first-order valence-corrected chi connectivity index (χ1v) is 9.01. The van der Waals surface area contributed by atoms with Crippen LogP contribution >= 0.6 is 24.0 Å². The zero-order chi connectivity index (χ0) is 19.7. The van der Waals surface area contributed by atoms with E-state index in [2.05, 4.69) is 20.9 Å². The zero-order valence-corrected chi connectivity index (χ0v) is 17.5. The third-order valence-electron chi connectivity index (χ3n) is 3.85. The molecular weight excluding hydrogens is 405 g/mol. The number of hydrazine groups is 1. The topological polar surface area (TPSA) is 115 Å². The van der Waals surface area contributed by atoms with Gasteiger partial charge >= 0.3 is 0 Å². The van der Waals surface area contributed by atoms with E-state index in [-0.39, 0.29) is 24.6 Å². The second-order valence-corrected chi connectivity index (χ2v) is 7.07. The van der Waals surface area contributed by atoms with E-state index in [1.165, 1.54) is 0 Å². The van der Waals surface area contributed by atoms with Crippen molar-refractivity contribution in [3.05, 3.63) is 41.4 Å². The third-order valence-corrected chi connectivity index (χ3v) is 4.16. The van der Waals surface area contributed by atoms with Gasteiger partial charge in [0.15, 0.2) is 5.82 Å². The molecule has 10 heteroatoms. The summed E-state index contributed by atoms with van der Waals surface area (Å²) < 4.78 is 11.1. The highest BCUT2D eigenvalue weighted by atomic mass is 35.5. The number of hydrogen-bond donors (Lipinski definition) is 4. The molecule has 1 heterocycles. The van der Waals surface area contributed by atoms with E-state index in [9.17, 15) is 5.11 Å². The van der Waals surface area contributed by atoms with Gasteiger partial charge in [-0.3, -0.25) is 0 Å². The molecule has 2 rings (SSSR count). The zero-order valence-electron chi connectivity index (χ0n) is 15.9. The summed E-state index contributed by atoms with van der Waals surface area (Å²) in [6, 6.07) is 10.5. The highest BCUT2D eigenvalue weighted by molar-refractivity contribution is 6.32. The molecule has 0 aliphatic carbocycles. The minimum absolute atomic E-state index is 0. The van der Waals surface area contributed by atoms with E-state index >= 15 is 0 Å². The first-order chi connectivity index (χ1) is 12.9. The van der Waals surface area contributed by atoms with E-state index in [1.807, 2.05) is 26.0 Å². The molecular formula is C18H27Cl2N5O3. The Bertz CT molecular complexity index is 704. The van der Waals surface area contributed by atoms with Crippen molar-refractivity contribution in [2.24, 2.45) is 5.84 Å². The molecule has 0 amide bonds. The fourth-order valence-electron chi connectivity index (χ4n) is 2.17. The van der Waals surface area contributed by atoms with Gasteiger partial charge in [-0.1, -0.05) is 23.7 Å². The fraction of sp³-hybridized carbons (Fsp3) is 0.444. The lowest BCUT2D eigenvalue weighted by Crippen LogP contribution is -2.45. The highest BCUT2D eigenvalue weighted by Crippen LogP contribution is 2.23. The number of halogens is 2. The molecule has 2 aromatic rings. The molecule has 5 N–H and O–H groups in total. The molecule has 0 aliphatic heterocycles. The predicted molar refractivity (Wildman–Crippen MR) is 112 cm³/mol. The van der Waals surface area contributed by atoms with Crippen molar-refractivity contribution in [2.45, 2.75) is 31.9 Å². The Hall–Kier alpha value is -1.84. The molecule has 0 radical (unpaired) electrons. The Morgan fingerprint density at radius 1 is 1.18 bits per heavy atom. The van der Waals surface area contributed by atoms with Gasteiger partial charge in [0.05, 0.1) is 11.6 Å². The minimum Gasteiger partial charge on any atom is -0.489 e. The Morgan fingerprint density at radius 2 is 1.93 bits per heavy atom. The molecule has 1 aromatic carbocycles. The van der Waals surface area contributed by atoms with Crippen LogP contribution in [-0.2, 0) is 0 Å². The molecule has 0 saturated heterocycles. The summed E-state index contributed by atoms with van der Waals surface area (Å²) in [5, 5.41) is 21.7. The van der Waals surface area contributed by atoms with E-state index in [4.69, 9.17) is 26.9 Å². The predicted octanol–water partition coefficient (Wildman–Crippen LogP) is 2.41. The van der Waals surface area contributed by atoms with Gasteiger partial charge in [0, 0.05) is 18.2 Å². The number of aliphatic hydroxyl groups excluding tert-OH is 1. The summed E-state index contributed by atoms with van der Waals surface area (Å²) in [6.07, 6.45) is 0.0487. The van der Waals surface area contributed by atoms with Crippen LogP contribution in [0.25, 0.3) is 0 Å². The van der Waals surface area contributed by atoms with Crippen molar-refractivity contribution in [3.8, 4) is 11.6 Å². The van der Waals surface area contributed by atoms with Crippen molar-refractivity contribution in [2.75, 3.05) is 25.2 Å². The molecule has 1 atom stereocenters. The molecule has 0 bridgehead atoms. The Kier molecular flexibility index (Phi) is 10.3. The van der Waals surface area contributed by atoms with E-state index < -0.39 is 6.10 Å². The SMILES string of the molecule is CC(C)(CCOc1ccc(NN)nn1)NCC(O)COc1ccccc1Cl.Cl. The molecule has 0 spiro atoms. The number of β-amino-alcohol motifs (C(OH)–C–C–N with tert-alkyl or cyclic N) is 1. The largest absolute Gasteiger partial charge is 0.489 e. The number of aliphatic hydroxyl groups is 1. The first-order valence-electron chi connectivity index (χ1n) is 8.63. The van der Waals surface area contributed by atoms with Gasteiger partial charge in [0.2, 0.25) is 5.88 Å². The van der Waals surface area contributed by atoms with Gasteiger partial charge in [0.25, 0.3) is 0 Å². The number of para-hydroxylation sites is 1. The van der Waals surface area contributed by atoms with Crippen molar-refractivity contribution in [1.82, 2.24) is 15.5 Å².